The number of amides is 3. The molecule has 0 aliphatic heterocycles. The zero-order valence-corrected chi connectivity index (χ0v) is 17.8. The van der Waals surface area contributed by atoms with E-state index in [0.29, 0.717) is 29.4 Å². The minimum Gasteiger partial charge on any atom is -0.484 e. The van der Waals surface area contributed by atoms with Crippen LogP contribution in [0.5, 0.6) is 5.75 Å². The van der Waals surface area contributed by atoms with Gasteiger partial charge in [-0.05, 0) is 42.5 Å². The van der Waals surface area contributed by atoms with Crippen molar-refractivity contribution >= 4 is 35.0 Å². The smallest absolute Gasteiger partial charge is 0.411 e. The Morgan fingerprint density at radius 2 is 1.58 bits per heavy atom. The molecule has 0 bridgehead atoms. The number of nitrogens with one attached hydrogen (secondary N) is 3. The van der Waals surface area contributed by atoms with E-state index >= 15 is 0 Å². The van der Waals surface area contributed by atoms with Crippen molar-refractivity contribution in [2.75, 3.05) is 42.9 Å². The Morgan fingerprint density at radius 3 is 2.30 bits per heavy atom. The van der Waals surface area contributed by atoms with Crippen molar-refractivity contribution in [1.82, 2.24) is 0 Å². The van der Waals surface area contributed by atoms with Gasteiger partial charge in [-0.25, -0.2) is 4.79 Å². The summed E-state index contributed by atoms with van der Waals surface area (Å²) in [7, 11) is 1.51. The Bertz CT molecular complexity index is 1080. The van der Waals surface area contributed by atoms with E-state index in [2.05, 4.69) is 16.0 Å². The Balaban J connectivity index is 1.48. The molecule has 0 unspecified atom stereocenters. The maximum absolute atomic E-state index is 12.3. The second kappa shape index (κ2) is 11.9. The Morgan fingerprint density at radius 1 is 0.848 bits per heavy atom. The van der Waals surface area contributed by atoms with Crippen LogP contribution in [0.2, 0.25) is 0 Å². The molecular formula is C23H23N3O7. The van der Waals surface area contributed by atoms with Gasteiger partial charge in [0.05, 0.1) is 12.9 Å². The fraction of sp³-hybridized carbons (Fsp3) is 0.174. The molecule has 10 nitrogen and oxygen atoms in total. The average molecular weight is 453 g/mol. The van der Waals surface area contributed by atoms with E-state index in [0.717, 1.165) is 0 Å². The SMILES string of the molecule is COCCOC(=O)Nc1cccc(NC(=O)COc2cccc(NC(=O)c3ccco3)c2)c1. The lowest BCUT2D eigenvalue weighted by atomic mass is 10.2. The number of benzene rings is 2. The molecule has 10 heteroatoms. The molecule has 172 valence electrons. The van der Waals surface area contributed by atoms with Gasteiger partial charge < -0.3 is 29.3 Å². The van der Waals surface area contributed by atoms with E-state index < -0.39 is 17.9 Å². The molecule has 3 aromatic rings. The number of carbonyl (C=O) groups excluding carboxylic acids is 3. The molecule has 2 aromatic carbocycles. The van der Waals surface area contributed by atoms with Gasteiger partial charge in [0, 0.05) is 30.2 Å². The normalized spacial score (nSPS) is 10.2. The highest BCUT2D eigenvalue weighted by molar-refractivity contribution is 6.02. The first-order chi connectivity index (χ1) is 16.0. The summed E-state index contributed by atoms with van der Waals surface area (Å²) in [4.78, 5) is 36.0. The molecule has 0 atom stereocenters. The van der Waals surface area contributed by atoms with Crippen LogP contribution in [0.25, 0.3) is 0 Å². The third kappa shape index (κ3) is 7.71. The zero-order valence-electron chi connectivity index (χ0n) is 17.8. The van der Waals surface area contributed by atoms with Crippen LogP contribution in [-0.4, -0.2) is 44.8 Å². The number of ether oxygens (including phenoxy) is 3. The third-order valence-electron chi connectivity index (χ3n) is 4.12. The highest BCUT2D eigenvalue weighted by Gasteiger charge is 2.10. The van der Waals surface area contributed by atoms with Crippen LogP contribution >= 0.6 is 0 Å². The van der Waals surface area contributed by atoms with Crippen molar-refractivity contribution in [1.29, 1.82) is 0 Å². The van der Waals surface area contributed by atoms with Crippen LogP contribution < -0.4 is 20.7 Å². The van der Waals surface area contributed by atoms with E-state index in [4.69, 9.17) is 18.6 Å². The molecule has 3 N–H and O–H groups in total. The van der Waals surface area contributed by atoms with Gasteiger partial charge in [-0.2, -0.15) is 0 Å². The van der Waals surface area contributed by atoms with Crippen LogP contribution in [0.4, 0.5) is 21.9 Å². The molecule has 0 fully saturated rings. The molecule has 0 radical (unpaired) electrons. The second-order valence-electron chi connectivity index (χ2n) is 6.63. The molecule has 3 rings (SSSR count). The van der Waals surface area contributed by atoms with Crippen molar-refractivity contribution < 1.29 is 33.0 Å². The number of hydrogen-bond donors (Lipinski definition) is 3. The van der Waals surface area contributed by atoms with E-state index in [1.807, 2.05) is 0 Å². The quantitative estimate of drug-likeness (QED) is 0.399. The maximum Gasteiger partial charge on any atom is 0.411 e. The first kappa shape index (κ1) is 23.4. The lowest BCUT2D eigenvalue weighted by Gasteiger charge is -2.11. The van der Waals surface area contributed by atoms with Crippen LogP contribution in [0.15, 0.2) is 71.3 Å². The highest BCUT2D eigenvalue weighted by Crippen LogP contribution is 2.19. The standard InChI is InChI=1S/C23H23N3O7/c1-30-11-12-32-23(29)26-17-6-2-5-16(13-17)24-21(27)15-33-19-8-3-7-18(14-19)25-22(28)20-9-4-10-31-20/h2-10,13-14H,11-12,15H2,1H3,(H,24,27)(H,25,28)(H,26,29). The summed E-state index contributed by atoms with van der Waals surface area (Å²) in [6.07, 6.45) is 0.783. The summed E-state index contributed by atoms with van der Waals surface area (Å²) < 4.78 is 20.3. The van der Waals surface area contributed by atoms with Crippen molar-refractivity contribution in [3.05, 3.63) is 72.7 Å². The predicted octanol–water partition coefficient (Wildman–Crippen LogP) is 3.74. The fourth-order valence-corrected chi connectivity index (χ4v) is 2.66. The third-order valence-corrected chi connectivity index (χ3v) is 4.12. The van der Waals surface area contributed by atoms with E-state index in [9.17, 15) is 14.4 Å². The summed E-state index contributed by atoms with van der Waals surface area (Å²) in [6, 6.07) is 16.4. The lowest BCUT2D eigenvalue weighted by molar-refractivity contribution is -0.118. The summed E-state index contributed by atoms with van der Waals surface area (Å²) in [5.41, 5.74) is 1.42. The van der Waals surface area contributed by atoms with Crippen LogP contribution in [0, 0.1) is 0 Å². The number of anilines is 3. The maximum atomic E-state index is 12.3. The van der Waals surface area contributed by atoms with Gasteiger partial charge in [-0.3, -0.25) is 14.9 Å². The van der Waals surface area contributed by atoms with Gasteiger partial charge in [-0.15, -0.1) is 0 Å². The topological polar surface area (TPSA) is 128 Å². The number of hydrogen-bond acceptors (Lipinski definition) is 7. The number of rotatable bonds is 10. The minimum atomic E-state index is -0.627. The predicted molar refractivity (Wildman–Crippen MR) is 121 cm³/mol. The highest BCUT2D eigenvalue weighted by atomic mass is 16.6. The summed E-state index contributed by atoms with van der Waals surface area (Å²) >= 11 is 0. The summed E-state index contributed by atoms with van der Waals surface area (Å²) in [5, 5.41) is 7.93. The van der Waals surface area contributed by atoms with E-state index in [-0.39, 0.29) is 19.0 Å². The van der Waals surface area contributed by atoms with Gasteiger partial charge in [-0.1, -0.05) is 12.1 Å². The van der Waals surface area contributed by atoms with E-state index in [1.165, 1.54) is 13.4 Å². The van der Waals surface area contributed by atoms with Crippen LogP contribution in [0.3, 0.4) is 0 Å². The number of carbonyl (C=O) groups is 3. The number of furan rings is 1. The van der Waals surface area contributed by atoms with Crippen molar-refractivity contribution in [2.45, 2.75) is 0 Å². The molecule has 0 saturated heterocycles. The monoisotopic (exact) mass is 453 g/mol. The first-order valence-electron chi connectivity index (χ1n) is 9.94. The fourth-order valence-electron chi connectivity index (χ4n) is 2.66. The van der Waals surface area contributed by atoms with Gasteiger partial charge in [0.25, 0.3) is 11.8 Å². The van der Waals surface area contributed by atoms with Gasteiger partial charge in [0.15, 0.2) is 12.4 Å². The van der Waals surface area contributed by atoms with E-state index in [1.54, 1.807) is 60.7 Å². The largest absolute Gasteiger partial charge is 0.484 e. The van der Waals surface area contributed by atoms with Crippen molar-refractivity contribution in [3.63, 3.8) is 0 Å². The summed E-state index contributed by atoms with van der Waals surface area (Å²) in [6.45, 7) is 0.166. The molecule has 1 heterocycles. The van der Waals surface area contributed by atoms with Gasteiger partial charge in [0.2, 0.25) is 0 Å². The molecule has 0 aliphatic carbocycles. The zero-order chi connectivity index (χ0) is 23.5. The minimum absolute atomic E-state index is 0.129. The molecule has 33 heavy (non-hydrogen) atoms. The van der Waals surface area contributed by atoms with Crippen LogP contribution in [-0.2, 0) is 14.3 Å². The Labute approximate surface area is 189 Å². The van der Waals surface area contributed by atoms with Gasteiger partial charge >= 0.3 is 6.09 Å². The number of methoxy groups -OCH3 is 1. The average Bonchev–Trinajstić information content (AvgIpc) is 3.34. The Kier molecular flexibility index (Phi) is 8.43. The summed E-state index contributed by atoms with van der Waals surface area (Å²) in [5.74, 6) is -0.219. The Hall–Kier alpha value is -4.31. The molecule has 0 spiro atoms. The molecular weight excluding hydrogens is 430 g/mol. The van der Waals surface area contributed by atoms with Crippen LogP contribution in [0.1, 0.15) is 10.6 Å². The first-order valence-corrected chi connectivity index (χ1v) is 9.94. The molecule has 0 saturated carbocycles. The van der Waals surface area contributed by atoms with Gasteiger partial charge in [0.1, 0.15) is 12.4 Å². The molecule has 0 aliphatic rings. The van der Waals surface area contributed by atoms with Crippen molar-refractivity contribution in [2.24, 2.45) is 0 Å². The lowest BCUT2D eigenvalue weighted by Crippen LogP contribution is -2.20. The second-order valence-corrected chi connectivity index (χ2v) is 6.63. The van der Waals surface area contributed by atoms with Crippen molar-refractivity contribution in [3.8, 4) is 5.75 Å². The molecule has 3 amide bonds. The molecule has 1 aromatic heterocycles.